The van der Waals surface area contributed by atoms with Crippen LogP contribution in [0.2, 0.25) is 0 Å². The minimum absolute atomic E-state index is 0.00972. The van der Waals surface area contributed by atoms with Crippen LogP contribution < -0.4 is 15.2 Å². The molecule has 2 aromatic carbocycles. The third-order valence-electron chi connectivity index (χ3n) is 2.76. The second-order valence-corrected chi connectivity index (χ2v) is 4.13. The number of benzene rings is 2. The van der Waals surface area contributed by atoms with E-state index in [0.717, 1.165) is 0 Å². The number of rotatable bonds is 1. The first-order chi connectivity index (χ1) is 8.63. The summed E-state index contributed by atoms with van der Waals surface area (Å²) in [5.74, 6) is 2.29. The van der Waals surface area contributed by atoms with Gasteiger partial charge in [0.25, 0.3) is 0 Å². The van der Waals surface area contributed by atoms with Crippen LogP contribution in [-0.2, 0) is 0 Å². The molecule has 0 spiro atoms. The van der Waals surface area contributed by atoms with Gasteiger partial charge in [0.05, 0.1) is 0 Å². The van der Waals surface area contributed by atoms with E-state index in [4.69, 9.17) is 15.2 Å². The van der Waals surface area contributed by atoms with Crippen molar-refractivity contribution in [2.45, 2.75) is 6.92 Å². The van der Waals surface area contributed by atoms with Crippen molar-refractivity contribution in [2.75, 3.05) is 5.73 Å². The summed E-state index contributed by atoms with van der Waals surface area (Å²) in [5.41, 5.74) is 6.89. The molecule has 90 valence electrons. The number of nitrogen functional groups attached to an aromatic ring is 1. The molecular weight excluding hydrogens is 230 g/mol. The van der Waals surface area contributed by atoms with Gasteiger partial charge in [-0.15, -0.1) is 0 Å². The minimum atomic E-state index is -0.00972. The molecule has 1 aliphatic rings. The molecule has 0 radical (unpaired) electrons. The van der Waals surface area contributed by atoms with Crippen molar-refractivity contribution >= 4 is 11.5 Å². The Balaban J connectivity index is 2.05. The standard InChI is InChI=1S/C14H11NO3/c1-8(16)9-2-4-11-13(6-9)17-12-5-3-10(15)7-14(12)18-11/h2-7H,15H2,1H3. The fraction of sp³-hybridized carbons (Fsp3) is 0.0714. The fourth-order valence-electron chi connectivity index (χ4n) is 1.82. The Labute approximate surface area is 104 Å². The molecule has 1 heterocycles. The molecule has 2 aromatic rings. The van der Waals surface area contributed by atoms with Gasteiger partial charge in [-0.2, -0.15) is 0 Å². The number of ketones is 1. The Morgan fingerprint density at radius 1 is 0.944 bits per heavy atom. The predicted octanol–water partition coefficient (Wildman–Crippen LogP) is 3.37. The Morgan fingerprint density at radius 2 is 1.56 bits per heavy atom. The van der Waals surface area contributed by atoms with Crippen LogP contribution in [0.25, 0.3) is 0 Å². The Bertz CT molecular complexity index is 649. The van der Waals surface area contributed by atoms with Crippen LogP contribution in [0.4, 0.5) is 5.69 Å². The van der Waals surface area contributed by atoms with Crippen LogP contribution in [-0.4, -0.2) is 5.78 Å². The predicted molar refractivity (Wildman–Crippen MR) is 67.4 cm³/mol. The number of carbonyl (C=O) groups is 1. The van der Waals surface area contributed by atoms with Gasteiger partial charge in [0, 0.05) is 17.3 Å². The SMILES string of the molecule is CC(=O)c1ccc2c(c1)Oc1ccc(N)cc1O2. The quantitative estimate of drug-likeness (QED) is 0.524. The molecule has 3 rings (SSSR count). The topological polar surface area (TPSA) is 61.5 Å². The highest BCUT2D eigenvalue weighted by molar-refractivity contribution is 5.94. The lowest BCUT2D eigenvalue weighted by atomic mass is 10.1. The van der Waals surface area contributed by atoms with Crippen LogP contribution in [0.15, 0.2) is 36.4 Å². The van der Waals surface area contributed by atoms with Gasteiger partial charge in [0.15, 0.2) is 28.8 Å². The summed E-state index contributed by atoms with van der Waals surface area (Å²) >= 11 is 0. The molecule has 2 N–H and O–H groups in total. The van der Waals surface area contributed by atoms with E-state index in [1.54, 1.807) is 36.4 Å². The highest BCUT2D eigenvalue weighted by Crippen LogP contribution is 2.45. The summed E-state index contributed by atoms with van der Waals surface area (Å²) in [4.78, 5) is 11.3. The summed E-state index contributed by atoms with van der Waals surface area (Å²) in [6, 6.07) is 10.3. The second kappa shape index (κ2) is 3.77. The third kappa shape index (κ3) is 1.68. The maximum atomic E-state index is 11.3. The third-order valence-corrected chi connectivity index (χ3v) is 2.76. The lowest BCUT2D eigenvalue weighted by Crippen LogP contribution is -2.01. The molecule has 0 saturated carbocycles. The van der Waals surface area contributed by atoms with Crippen molar-refractivity contribution in [3.8, 4) is 23.0 Å². The van der Waals surface area contributed by atoms with Crippen molar-refractivity contribution < 1.29 is 14.3 Å². The number of fused-ring (bicyclic) bond motifs is 2. The maximum Gasteiger partial charge on any atom is 0.172 e. The monoisotopic (exact) mass is 241 g/mol. The zero-order valence-corrected chi connectivity index (χ0v) is 9.77. The van der Waals surface area contributed by atoms with Gasteiger partial charge in [-0.1, -0.05) is 0 Å². The largest absolute Gasteiger partial charge is 0.449 e. The molecule has 0 aromatic heterocycles. The minimum Gasteiger partial charge on any atom is -0.449 e. The van der Waals surface area contributed by atoms with Crippen LogP contribution in [0.5, 0.6) is 23.0 Å². The summed E-state index contributed by atoms with van der Waals surface area (Å²) in [6.07, 6.45) is 0. The number of hydrogen-bond acceptors (Lipinski definition) is 4. The Hall–Kier alpha value is -2.49. The number of anilines is 1. The van der Waals surface area contributed by atoms with E-state index in [1.165, 1.54) is 6.92 Å². The zero-order chi connectivity index (χ0) is 12.7. The van der Waals surface area contributed by atoms with Crippen molar-refractivity contribution in [2.24, 2.45) is 0 Å². The molecule has 1 aliphatic heterocycles. The van der Waals surface area contributed by atoms with E-state index in [0.29, 0.717) is 34.2 Å². The highest BCUT2D eigenvalue weighted by Gasteiger charge is 2.19. The summed E-state index contributed by atoms with van der Waals surface area (Å²) in [5, 5.41) is 0. The van der Waals surface area contributed by atoms with E-state index in [1.807, 2.05) is 0 Å². The van der Waals surface area contributed by atoms with E-state index in [9.17, 15) is 4.79 Å². The van der Waals surface area contributed by atoms with Gasteiger partial charge < -0.3 is 15.2 Å². The second-order valence-electron chi connectivity index (χ2n) is 4.13. The van der Waals surface area contributed by atoms with Gasteiger partial charge in [0.1, 0.15) is 0 Å². The lowest BCUT2D eigenvalue weighted by Gasteiger charge is -2.21. The van der Waals surface area contributed by atoms with Crippen molar-refractivity contribution in [3.63, 3.8) is 0 Å². The molecule has 0 amide bonds. The molecule has 0 aliphatic carbocycles. The van der Waals surface area contributed by atoms with Gasteiger partial charge in [-0.25, -0.2) is 0 Å². The summed E-state index contributed by atoms with van der Waals surface area (Å²) < 4.78 is 11.4. The molecular formula is C14H11NO3. The molecule has 0 fully saturated rings. The number of nitrogens with two attached hydrogens (primary N) is 1. The van der Waals surface area contributed by atoms with Crippen molar-refractivity contribution in [1.82, 2.24) is 0 Å². The molecule has 0 unspecified atom stereocenters. The number of hydrogen-bond donors (Lipinski definition) is 1. The molecule has 0 bridgehead atoms. The molecule has 0 saturated heterocycles. The van der Waals surface area contributed by atoms with Crippen molar-refractivity contribution in [3.05, 3.63) is 42.0 Å². The summed E-state index contributed by atoms with van der Waals surface area (Å²) in [6.45, 7) is 1.51. The smallest absolute Gasteiger partial charge is 0.172 e. The van der Waals surface area contributed by atoms with Gasteiger partial charge in [0.2, 0.25) is 0 Å². The fourth-order valence-corrected chi connectivity index (χ4v) is 1.82. The van der Waals surface area contributed by atoms with Crippen LogP contribution in [0.3, 0.4) is 0 Å². The number of ether oxygens (including phenoxy) is 2. The molecule has 0 atom stereocenters. The van der Waals surface area contributed by atoms with Gasteiger partial charge in [-0.3, -0.25) is 4.79 Å². The van der Waals surface area contributed by atoms with Crippen LogP contribution in [0, 0.1) is 0 Å². The average Bonchev–Trinajstić information content (AvgIpc) is 2.35. The number of carbonyl (C=O) groups excluding carboxylic acids is 1. The first-order valence-electron chi connectivity index (χ1n) is 5.54. The van der Waals surface area contributed by atoms with Gasteiger partial charge in [-0.05, 0) is 37.3 Å². The van der Waals surface area contributed by atoms with E-state index in [2.05, 4.69) is 0 Å². The number of Topliss-reactive ketones (excluding diaryl/α,β-unsaturated/α-hetero) is 1. The van der Waals surface area contributed by atoms with E-state index < -0.39 is 0 Å². The van der Waals surface area contributed by atoms with E-state index in [-0.39, 0.29) is 5.78 Å². The molecule has 18 heavy (non-hydrogen) atoms. The molecule has 4 nitrogen and oxygen atoms in total. The summed E-state index contributed by atoms with van der Waals surface area (Å²) in [7, 11) is 0. The molecule has 4 heteroatoms. The van der Waals surface area contributed by atoms with Gasteiger partial charge >= 0.3 is 0 Å². The van der Waals surface area contributed by atoms with Crippen LogP contribution in [0.1, 0.15) is 17.3 Å². The van der Waals surface area contributed by atoms with Crippen molar-refractivity contribution in [1.29, 1.82) is 0 Å². The highest BCUT2D eigenvalue weighted by atomic mass is 16.6. The zero-order valence-electron chi connectivity index (χ0n) is 9.77. The Morgan fingerprint density at radius 3 is 2.22 bits per heavy atom. The lowest BCUT2D eigenvalue weighted by molar-refractivity contribution is 0.101. The normalized spacial score (nSPS) is 11.8. The Kier molecular flexibility index (Phi) is 2.23. The first kappa shape index (κ1) is 10.7. The first-order valence-corrected chi connectivity index (χ1v) is 5.54. The average molecular weight is 241 g/mol. The van der Waals surface area contributed by atoms with Crippen LogP contribution >= 0.6 is 0 Å². The maximum absolute atomic E-state index is 11.3. The van der Waals surface area contributed by atoms with E-state index >= 15 is 0 Å².